The topological polar surface area (TPSA) is 68.2 Å². The molecule has 2 unspecified atom stereocenters. The van der Waals surface area contributed by atoms with Crippen LogP contribution in [-0.4, -0.2) is 34.2 Å². The average molecular weight is 252 g/mol. The van der Waals surface area contributed by atoms with Gasteiger partial charge in [0.1, 0.15) is 0 Å². The summed E-state index contributed by atoms with van der Waals surface area (Å²) in [5, 5.41) is 4.04. The summed E-state index contributed by atoms with van der Waals surface area (Å²) >= 11 is 0. The monoisotopic (exact) mass is 252 g/mol. The summed E-state index contributed by atoms with van der Waals surface area (Å²) in [6.07, 6.45) is 4.12. The number of piperidine rings is 1. The van der Waals surface area contributed by atoms with Crippen molar-refractivity contribution in [1.29, 1.82) is 0 Å². The fourth-order valence-corrected chi connectivity index (χ4v) is 2.57. The molecule has 5 heteroatoms. The molecule has 1 aliphatic heterocycles. The van der Waals surface area contributed by atoms with Crippen molar-refractivity contribution >= 4 is 0 Å². The van der Waals surface area contributed by atoms with Crippen LogP contribution in [0.2, 0.25) is 0 Å². The molecule has 1 saturated heterocycles. The molecule has 0 spiro atoms. The zero-order chi connectivity index (χ0) is 13.0. The molecule has 1 aliphatic rings. The molecule has 0 amide bonds. The Morgan fingerprint density at radius 3 is 3.00 bits per heavy atom. The van der Waals surface area contributed by atoms with E-state index in [0.717, 1.165) is 57.0 Å². The minimum absolute atomic E-state index is 0.354. The van der Waals surface area contributed by atoms with Crippen molar-refractivity contribution in [2.75, 3.05) is 13.1 Å². The van der Waals surface area contributed by atoms with Gasteiger partial charge in [0.2, 0.25) is 5.89 Å². The predicted octanol–water partition coefficient (Wildman–Crippen LogP) is 1.58. The van der Waals surface area contributed by atoms with Gasteiger partial charge in [0, 0.05) is 25.6 Å². The Bertz CT molecular complexity index is 366. The molecule has 1 aromatic rings. The van der Waals surface area contributed by atoms with E-state index in [1.54, 1.807) is 0 Å². The third-order valence-electron chi connectivity index (χ3n) is 3.74. The molecule has 1 fully saturated rings. The van der Waals surface area contributed by atoms with Crippen LogP contribution in [-0.2, 0) is 13.0 Å². The maximum atomic E-state index is 6.11. The largest absolute Gasteiger partial charge is 0.339 e. The van der Waals surface area contributed by atoms with Crippen LogP contribution >= 0.6 is 0 Å². The van der Waals surface area contributed by atoms with Gasteiger partial charge in [-0.3, -0.25) is 4.90 Å². The summed E-state index contributed by atoms with van der Waals surface area (Å²) < 4.78 is 5.21. The summed E-state index contributed by atoms with van der Waals surface area (Å²) in [5.41, 5.74) is 6.11. The highest BCUT2D eigenvalue weighted by Crippen LogP contribution is 2.19. The van der Waals surface area contributed by atoms with Crippen LogP contribution in [0.1, 0.15) is 44.8 Å². The van der Waals surface area contributed by atoms with Crippen molar-refractivity contribution in [3.05, 3.63) is 11.7 Å². The Balaban J connectivity index is 1.88. The molecule has 0 aliphatic carbocycles. The summed E-state index contributed by atoms with van der Waals surface area (Å²) in [5.74, 6) is 2.16. The number of hydrogen-bond donors (Lipinski definition) is 1. The lowest BCUT2D eigenvalue weighted by atomic mass is 9.91. The highest BCUT2D eigenvalue weighted by atomic mass is 16.5. The zero-order valence-electron chi connectivity index (χ0n) is 11.4. The van der Waals surface area contributed by atoms with E-state index in [2.05, 4.69) is 28.9 Å². The molecule has 0 saturated carbocycles. The number of aryl methyl sites for hydroxylation is 1. The standard InChI is InChI=1S/C13H24N4O/c1-3-5-13-15-12(16-18-13)9-17-7-6-11(14)10(4-2)8-17/h10-11H,3-9,14H2,1-2H3. The maximum absolute atomic E-state index is 6.11. The first-order valence-electron chi connectivity index (χ1n) is 7.02. The van der Waals surface area contributed by atoms with E-state index < -0.39 is 0 Å². The lowest BCUT2D eigenvalue weighted by Crippen LogP contribution is -2.46. The third-order valence-corrected chi connectivity index (χ3v) is 3.74. The minimum atomic E-state index is 0.354. The lowest BCUT2D eigenvalue weighted by molar-refractivity contribution is 0.141. The molecule has 2 N–H and O–H groups in total. The third kappa shape index (κ3) is 3.29. The smallest absolute Gasteiger partial charge is 0.226 e. The molecule has 2 heterocycles. The van der Waals surface area contributed by atoms with Gasteiger partial charge in [-0.15, -0.1) is 0 Å². The molecule has 0 radical (unpaired) electrons. The van der Waals surface area contributed by atoms with Crippen LogP contribution in [0.5, 0.6) is 0 Å². The number of rotatable bonds is 5. The molecule has 2 atom stereocenters. The highest BCUT2D eigenvalue weighted by molar-refractivity contribution is 4.89. The Morgan fingerprint density at radius 2 is 2.28 bits per heavy atom. The summed E-state index contributed by atoms with van der Waals surface area (Å²) in [7, 11) is 0. The van der Waals surface area contributed by atoms with Gasteiger partial charge in [-0.25, -0.2) is 0 Å². The average Bonchev–Trinajstić information content (AvgIpc) is 2.80. The van der Waals surface area contributed by atoms with Crippen LogP contribution in [0.15, 0.2) is 4.52 Å². The van der Waals surface area contributed by atoms with E-state index in [4.69, 9.17) is 10.3 Å². The number of hydrogen-bond acceptors (Lipinski definition) is 5. The van der Waals surface area contributed by atoms with Crippen LogP contribution < -0.4 is 5.73 Å². The van der Waals surface area contributed by atoms with Gasteiger partial charge in [0.25, 0.3) is 0 Å². The van der Waals surface area contributed by atoms with Crippen LogP contribution in [0.4, 0.5) is 0 Å². The van der Waals surface area contributed by atoms with Gasteiger partial charge >= 0.3 is 0 Å². The van der Waals surface area contributed by atoms with Gasteiger partial charge in [-0.05, 0) is 18.8 Å². The van der Waals surface area contributed by atoms with Crippen LogP contribution in [0.3, 0.4) is 0 Å². The molecular weight excluding hydrogens is 228 g/mol. The van der Waals surface area contributed by atoms with E-state index >= 15 is 0 Å². The zero-order valence-corrected chi connectivity index (χ0v) is 11.4. The van der Waals surface area contributed by atoms with Crippen molar-refractivity contribution in [3.63, 3.8) is 0 Å². The Kier molecular flexibility index (Phi) is 4.72. The SMILES string of the molecule is CCCc1nc(CN2CCC(N)C(CC)C2)no1. The number of aromatic nitrogens is 2. The second-order valence-electron chi connectivity index (χ2n) is 5.21. The minimum Gasteiger partial charge on any atom is -0.339 e. The normalized spacial score (nSPS) is 25.5. The van der Waals surface area contributed by atoms with Gasteiger partial charge in [-0.2, -0.15) is 4.98 Å². The van der Waals surface area contributed by atoms with E-state index in [0.29, 0.717) is 12.0 Å². The summed E-state index contributed by atoms with van der Waals surface area (Å²) in [4.78, 5) is 6.80. The van der Waals surface area contributed by atoms with E-state index in [9.17, 15) is 0 Å². The van der Waals surface area contributed by atoms with Gasteiger partial charge in [0.15, 0.2) is 5.82 Å². The Hall–Kier alpha value is -0.940. The first-order chi connectivity index (χ1) is 8.72. The number of nitrogens with zero attached hydrogens (tertiary/aromatic N) is 3. The molecule has 18 heavy (non-hydrogen) atoms. The first-order valence-corrected chi connectivity index (χ1v) is 7.02. The number of nitrogens with two attached hydrogens (primary N) is 1. The predicted molar refractivity (Wildman–Crippen MR) is 69.9 cm³/mol. The number of likely N-dealkylation sites (tertiary alicyclic amines) is 1. The maximum Gasteiger partial charge on any atom is 0.226 e. The van der Waals surface area contributed by atoms with E-state index in [1.807, 2.05) is 0 Å². The van der Waals surface area contributed by atoms with E-state index in [-0.39, 0.29) is 0 Å². The van der Waals surface area contributed by atoms with Crippen molar-refractivity contribution in [3.8, 4) is 0 Å². The van der Waals surface area contributed by atoms with Crippen molar-refractivity contribution in [2.45, 2.75) is 52.1 Å². The fourth-order valence-electron chi connectivity index (χ4n) is 2.57. The second kappa shape index (κ2) is 6.29. The summed E-state index contributed by atoms with van der Waals surface area (Å²) in [6.45, 7) is 7.20. The molecule has 1 aromatic heterocycles. The van der Waals surface area contributed by atoms with Gasteiger partial charge in [-0.1, -0.05) is 25.4 Å². The quantitative estimate of drug-likeness (QED) is 0.861. The van der Waals surface area contributed by atoms with Crippen molar-refractivity contribution < 1.29 is 4.52 Å². The molecule has 0 aromatic carbocycles. The Labute approximate surface area is 109 Å². The lowest BCUT2D eigenvalue weighted by Gasteiger charge is -2.35. The summed E-state index contributed by atoms with van der Waals surface area (Å²) in [6, 6.07) is 0.354. The molecule has 0 bridgehead atoms. The highest BCUT2D eigenvalue weighted by Gasteiger charge is 2.26. The van der Waals surface area contributed by atoms with Gasteiger partial charge < -0.3 is 10.3 Å². The van der Waals surface area contributed by atoms with E-state index in [1.165, 1.54) is 0 Å². The second-order valence-corrected chi connectivity index (χ2v) is 5.21. The Morgan fingerprint density at radius 1 is 1.44 bits per heavy atom. The van der Waals surface area contributed by atoms with Gasteiger partial charge in [0.05, 0.1) is 6.54 Å². The molecule has 5 nitrogen and oxygen atoms in total. The molecular formula is C13H24N4O. The van der Waals surface area contributed by atoms with Crippen LogP contribution in [0, 0.1) is 5.92 Å². The first kappa shape index (κ1) is 13.5. The van der Waals surface area contributed by atoms with Crippen LogP contribution in [0.25, 0.3) is 0 Å². The van der Waals surface area contributed by atoms with Crippen molar-refractivity contribution in [2.24, 2.45) is 11.7 Å². The molecule has 102 valence electrons. The van der Waals surface area contributed by atoms with Crippen molar-refractivity contribution in [1.82, 2.24) is 15.0 Å². The molecule has 2 rings (SSSR count). The fraction of sp³-hybridized carbons (Fsp3) is 0.846.